The lowest BCUT2D eigenvalue weighted by atomic mass is 9.80. The monoisotopic (exact) mass is 269 g/mol. The average Bonchev–Trinajstić information content (AvgIpc) is 2.76. The minimum Gasteiger partial charge on any atom is -0.481 e. The summed E-state index contributed by atoms with van der Waals surface area (Å²) in [6.07, 6.45) is 0.979. The highest BCUT2D eigenvalue weighted by Gasteiger charge is 2.41. The maximum Gasteiger partial charge on any atom is 0.311 e. The first kappa shape index (κ1) is 13.9. The molecule has 2 heterocycles. The highest BCUT2D eigenvalue weighted by molar-refractivity contribution is 5.74. The van der Waals surface area contributed by atoms with Crippen molar-refractivity contribution in [3.8, 4) is 0 Å². The number of carbonyl (C=O) groups is 1. The lowest BCUT2D eigenvalue weighted by Crippen LogP contribution is -2.41. The molecule has 0 radical (unpaired) electrons. The summed E-state index contributed by atoms with van der Waals surface area (Å²) < 4.78 is 6.85. The van der Waals surface area contributed by atoms with Crippen LogP contribution in [0.3, 0.4) is 0 Å². The van der Waals surface area contributed by atoms with Crippen LogP contribution < -0.4 is 0 Å². The summed E-state index contributed by atoms with van der Waals surface area (Å²) in [6, 6.07) is 0. The SMILES string of the molecule is CN(C)Cc1nnnn1CC1(C(=O)O)CCOCC1. The Labute approximate surface area is 111 Å². The van der Waals surface area contributed by atoms with Gasteiger partial charge in [-0.25, -0.2) is 4.68 Å². The molecule has 0 bridgehead atoms. The van der Waals surface area contributed by atoms with Crippen molar-refractivity contribution >= 4 is 5.97 Å². The number of carboxylic acids is 1. The normalized spacial score (nSPS) is 18.7. The molecule has 8 nitrogen and oxygen atoms in total. The van der Waals surface area contributed by atoms with Crippen LogP contribution in [-0.2, 0) is 22.6 Å². The van der Waals surface area contributed by atoms with Gasteiger partial charge in [0, 0.05) is 13.2 Å². The molecule has 1 saturated heterocycles. The first-order chi connectivity index (χ1) is 9.03. The van der Waals surface area contributed by atoms with E-state index in [1.165, 1.54) is 0 Å². The van der Waals surface area contributed by atoms with Crippen LogP contribution in [0.5, 0.6) is 0 Å². The molecule has 1 fully saturated rings. The van der Waals surface area contributed by atoms with Gasteiger partial charge in [-0.1, -0.05) is 0 Å². The summed E-state index contributed by atoms with van der Waals surface area (Å²) in [5, 5.41) is 21.0. The molecule has 2 rings (SSSR count). The van der Waals surface area contributed by atoms with Crippen molar-refractivity contribution < 1.29 is 14.6 Å². The van der Waals surface area contributed by atoms with Crippen molar-refractivity contribution in [3.63, 3.8) is 0 Å². The van der Waals surface area contributed by atoms with Gasteiger partial charge in [0.05, 0.1) is 18.5 Å². The Morgan fingerprint density at radius 1 is 1.47 bits per heavy atom. The number of ether oxygens (including phenoxy) is 1. The molecule has 8 heteroatoms. The van der Waals surface area contributed by atoms with E-state index in [1.54, 1.807) is 4.68 Å². The zero-order valence-electron chi connectivity index (χ0n) is 11.2. The lowest BCUT2D eigenvalue weighted by molar-refractivity contribution is -0.156. The van der Waals surface area contributed by atoms with Gasteiger partial charge in [0.1, 0.15) is 0 Å². The Hall–Kier alpha value is -1.54. The molecule has 1 aromatic heterocycles. The van der Waals surface area contributed by atoms with E-state index in [2.05, 4.69) is 15.5 Å². The van der Waals surface area contributed by atoms with Gasteiger partial charge in [-0.15, -0.1) is 5.10 Å². The zero-order chi connectivity index (χ0) is 13.9. The van der Waals surface area contributed by atoms with Crippen LogP contribution in [0, 0.1) is 5.41 Å². The number of carboxylic acid groups (broad SMARTS) is 1. The number of hydrogen-bond donors (Lipinski definition) is 1. The number of aromatic nitrogens is 4. The fourth-order valence-corrected chi connectivity index (χ4v) is 2.23. The predicted octanol–water partition coefficient (Wildman–Crippen LogP) is -0.384. The van der Waals surface area contributed by atoms with E-state index in [0.29, 0.717) is 45.0 Å². The van der Waals surface area contributed by atoms with Crippen LogP contribution in [0.1, 0.15) is 18.7 Å². The first-order valence-corrected chi connectivity index (χ1v) is 6.24. The van der Waals surface area contributed by atoms with Crippen LogP contribution in [0.2, 0.25) is 0 Å². The third-order valence-corrected chi connectivity index (χ3v) is 3.42. The van der Waals surface area contributed by atoms with Gasteiger partial charge < -0.3 is 14.7 Å². The second-order valence-electron chi connectivity index (χ2n) is 5.19. The van der Waals surface area contributed by atoms with Crippen LogP contribution in [-0.4, -0.2) is 63.5 Å². The Morgan fingerprint density at radius 3 is 2.74 bits per heavy atom. The van der Waals surface area contributed by atoms with Crippen molar-refractivity contribution in [1.82, 2.24) is 25.1 Å². The molecule has 1 aromatic rings. The molecule has 0 amide bonds. The van der Waals surface area contributed by atoms with E-state index in [1.807, 2.05) is 19.0 Å². The predicted molar refractivity (Wildman–Crippen MR) is 65.3 cm³/mol. The van der Waals surface area contributed by atoms with Gasteiger partial charge in [0.25, 0.3) is 0 Å². The summed E-state index contributed by atoms with van der Waals surface area (Å²) >= 11 is 0. The van der Waals surface area contributed by atoms with Gasteiger partial charge >= 0.3 is 5.97 Å². The van der Waals surface area contributed by atoms with Gasteiger partial charge in [-0.3, -0.25) is 4.79 Å². The van der Waals surface area contributed by atoms with Crippen molar-refractivity contribution in [1.29, 1.82) is 0 Å². The van der Waals surface area contributed by atoms with E-state index in [-0.39, 0.29) is 0 Å². The fraction of sp³-hybridized carbons (Fsp3) is 0.818. The summed E-state index contributed by atoms with van der Waals surface area (Å²) in [5.41, 5.74) is -0.825. The smallest absolute Gasteiger partial charge is 0.311 e. The minimum absolute atomic E-state index is 0.294. The molecule has 0 aromatic carbocycles. The topological polar surface area (TPSA) is 93.4 Å². The molecule has 0 spiro atoms. The summed E-state index contributed by atoms with van der Waals surface area (Å²) in [7, 11) is 3.83. The summed E-state index contributed by atoms with van der Waals surface area (Å²) in [4.78, 5) is 13.5. The second-order valence-corrected chi connectivity index (χ2v) is 5.19. The van der Waals surface area contributed by atoms with Gasteiger partial charge in [0.2, 0.25) is 0 Å². The Balaban J connectivity index is 2.17. The van der Waals surface area contributed by atoms with Crippen molar-refractivity contribution in [2.24, 2.45) is 5.41 Å². The Bertz CT molecular complexity index is 439. The molecule has 0 aliphatic carbocycles. The number of hydrogen-bond acceptors (Lipinski definition) is 6. The Morgan fingerprint density at radius 2 is 2.16 bits per heavy atom. The third-order valence-electron chi connectivity index (χ3n) is 3.42. The first-order valence-electron chi connectivity index (χ1n) is 6.24. The van der Waals surface area contributed by atoms with E-state index >= 15 is 0 Å². The Kier molecular flexibility index (Phi) is 4.11. The zero-order valence-corrected chi connectivity index (χ0v) is 11.2. The molecule has 0 unspecified atom stereocenters. The molecule has 0 saturated carbocycles. The molecule has 0 atom stereocenters. The number of rotatable bonds is 5. The van der Waals surface area contributed by atoms with Gasteiger partial charge in [0.15, 0.2) is 5.82 Å². The fourth-order valence-electron chi connectivity index (χ4n) is 2.23. The summed E-state index contributed by atoms with van der Waals surface area (Å²) in [6.45, 7) is 1.82. The largest absolute Gasteiger partial charge is 0.481 e. The highest BCUT2D eigenvalue weighted by atomic mass is 16.5. The van der Waals surface area contributed by atoms with Crippen LogP contribution in [0.15, 0.2) is 0 Å². The van der Waals surface area contributed by atoms with Gasteiger partial charge in [-0.05, 0) is 37.4 Å². The molecule has 19 heavy (non-hydrogen) atoms. The molecule has 1 aliphatic rings. The lowest BCUT2D eigenvalue weighted by Gasteiger charge is -2.32. The van der Waals surface area contributed by atoms with E-state index in [4.69, 9.17) is 4.74 Å². The molecule has 1 N–H and O–H groups in total. The average molecular weight is 269 g/mol. The molecule has 106 valence electrons. The minimum atomic E-state index is -0.825. The maximum atomic E-state index is 11.6. The van der Waals surface area contributed by atoms with E-state index in [0.717, 1.165) is 0 Å². The number of aliphatic carboxylic acids is 1. The highest BCUT2D eigenvalue weighted by Crippen LogP contribution is 2.32. The third kappa shape index (κ3) is 3.07. The van der Waals surface area contributed by atoms with Gasteiger partial charge in [-0.2, -0.15) is 0 Å². The van der Waals surface area contributed by atoms with Crippen LogP contribution in [0.25, 0.3) is 0 Å². The number of nitrogens with zero attached hydrogens (tertiary/aromatic N) is 5. The van der Waals surface area contributed by atoms with E-state index < -0.39 is 11.4 Å². The van der Waals surface area contributed by atoms with Crippen molar-refractivity contribution in [2.45, 2.75) is 25.9 Å². The second kappa shape index (κ2) is 5.62. The molecule has 1 aliphatic heterocycles. The van der Waals surface area contributed by atoms with Crippen molar-refractivity contribution in [3.05, 3.63) is 5.82 Å². The van der Waals surface area contributed by atoms with Crippen LogP contribution in [0.4, 0.5) is 0 Å². The molecular weight excluding hydrogens is 250 g/mol. The van der Waals surface area contributed by atoms with E-state index in [9.17, 15) is 9.90 Å². The van der Waals surface area contributed by atoms with Crippen molar-refractivity contribution in [2.75, 3.05) is 27.3 Å². The number of tetrazole rings is 1. The quantitative estimate of drug-likeness (QED) is 0.778. The van der Waals surface area contributed by atoms with Crippen LogP contribution >= 0.6 is 0 Å². The molecular formula is C11H19N5O3. The standard InChI is InChI=1S/C11H19N5O3/c1-15(2)7-9-12-13-14-16(9)8-11(10(17)18)3-5-19-6-4-11/h3-8H2,1-2H3,(H,17,18). The summed E-state index contributed by atoms with van der Waals surface area (Å²) in [5.74, 6) is -0.126. The maximum absolute atomic E-state index is 11.6.